The standard InChI is InChI=1S/C7H12N2OS/c1-7(2,3)6(10)5-4-11-9-8-5/h5H,4H2,1-3H3. The van der Waals surface area contributed by atoms with E-state index in [-0.39, 0.29) is 17.2 Å². The van der Waals surface area contributed by atoms with Gasteiger partial charge in [0, 0.05) is 11.2 Å². The van der Waals surface area contributed by atoms with Crippen LogP contribution in [-0.4, -0.2) is 17.6 Å². The second-order valence-electron chi connectivity index (χ2n) is 3.62. The molecule has 0 aliphatic carbocycles. The van der Waals surface area contributed by atoms with Crippen molar-refractivity contribution in [3.63, 3.8) is 0 Å². The molecule has 1 atom stereocenters. The molecule has 0 radical (unpaired) electrons. The molecule has 0 aromatic rings. The highest BCUT2D eigenvalue weighted by atomic mass is 32.2. The Kier molecular flexibility index (Phi) is 2.32. The van der Waals surface area contributed by atoms with Gasteiger partial charge in [0.15, 0.2) is 5.78 Å². The Morgan fingerprint density at radius 1 is 1.55 bits per heavy atom. The highest BCUT2D eigenvalue weighted by Crippen LogP contribution is 2.25. The molecule has 11 heavy (non-hydrogen) atoms. The van der Waals surface area contributed by atoms with Crippen LogP contribution >= 0.6 is 11.9 Å². The van der Waals surface area contributed by atoms with Crippen molar-refractivity contribution in [1.82, 2.24) is 0 Å². The number of ketones is 1. The van der Waals surface area contributed by atoms with Crippen LogP contribution in [0, 0.1) is 5.41 Å². The van der Waals surface area contributed by atoms with Gasteiger partial charge in [0.1, 0.15) is 6.04 Å². The zero-order valence-corrected chi connectivity index (χ0v) is 7.81. The smallest absolute Gasteiger partial charge is 0.165 e. The number of nitrogens with zero attached hydrogens (tertiary/aromatic N) is 2. The first-order chi connectivity index (χ1) is 5.02. The molecule has 0 bridgehead atoms. The molecule has 0 N–H and O–H groups in total. The molecule has 1 aliphatic heterocycles. The number of carbonyl (C=O) groups is 1. The Morgan fingerprint density at radius 3 is 2.55 bits per heavy atom. The number of hydrogen-bond acceptors (Lipinski definition) is 4. The first-order valence-corrected chi connectivity index (χ1v) is 4.52. The van der Waals surface area contributed by atoms with E-state index < -0.39 is 0 Å². The van der Waals surface area contributed by atoms with Crippen molar-refractivity contribution < 1.29 is 4.79 Å². The summed E-state index contributed by atoms with van der Waals surface area (Å²) in [5.41, 5.74) is -0.283. The average Bonchev–Trinajstić information content (AvgIpc) is 2.34. The van der Waals surface area contributed by atoms with Crippen LogP contribution in [0.15, 0.2) is 9.63 Å². The zero-order chi connectivity index (χ0) is 8.48. The lowest BCUT2D eigenvalue weighted by Gasteiger charge is -2.17. The van der Waals surface area contributed by atoms with Crippen molar-refractivity contribution in [2.24, 2.45) is 15.0 Å². The molecular weight excluding hydrogens is 160 g/mol. The molecule has 3 nitrogen and oxygen atoms in total. The topological polar surface area (TPSA) is 41.8 Å². The third-order valence-corrected chi connectivity index (χ3v) is 2.19. The summed E-state index contributed by atoms with van der Waals surface area (Å²) < 4.78 is 3.72. The van der Waals surface area contributed by atoms with Crippen LogP contribution in [0.2, 0.25) is 0 Å². The van der Waals surface area contributed by atoms with Crippen molar-refractivity contribution in [1.29, 1.82) is 0 Å². The molecule has 0 saturated carbocycles. The monoisotopic (exact) mass is 172 g/mol. The predicted molar refractivity (Wildman–Crippen MR) is 45.6 cm³/mol. The van der Waals surface area contributed by atoms with Gasteiger partial charge in [0.05, 0.1) is 0 Å². The van der Waals surface area contributed by atoms with Crippen molar-refractivity contribution in [2.75, 3.05) is 5.75 Å². The molecule has 1 aliphatic rings. The van der Waals surface area contributed by atoms with Gasteiger partial charge < -0.3 is 0 Å². The van der Waals surface area contributed by atoms with Gasteiger partial charge in [0.25, 0.3) is 0 Å². The van der Waals surface area contributed by atoms with E-state index in [0.29, 0.717) is 0 Å². The summed E-state index contributed by atoms with van der Waals surface area (Å²) in [5, 5.41) is 3.84. The maximum Gasteiger partial charge on any atom is 0.165 e. The predicted octanol–water partition coefficient (Wildman–Crippen LogP) is 2.08. The minimum absolute atomic E-state index is 0.186. The van der Waals surface area contributed by atoms with Crippen molar-refractivity contribution in [3.05, 3.63) is 0 Å². The second-order valence-corrected chi connectivity index (χ2v) is 4.38. The zero-order valence-electron chi connectivity index (χ0n) is 7.00. The molecule has 0 saturated heterocycles. The van der Waals surface area contributed by atoms with Gasteiger partial charge in [-0.25, -0.2) is 0 Å². The van der Waals surface area contributed by atoms with Gasteiger partial charge in [-0.2, -0.15) is 5.11 Å². The molecule has 0 aromatic heterocycles. The summed E-state index contributed by atoms with van der Waals surface area (Å²) in [7, 11) is 0. The largest absolute Gasteiger partial charge is 0.297 e. The quantitative estimate of drug-likeness (QED) is 0.568. The van der Waals surface area contributed by atoms with Gasteiger partial charge in [-0.3, -0.25) is 4.79 Å². The van der Waals surface area contributed by atoms with E-state index in [1.54, 1.807) is 0 Å². The van der Waals surface area contributed by atoms with E-state index in [1.165, 1.54) is 11.9 Å². The molecule has 0 amide bonds. The number of hydrogen-bond donors (Lipinski definition) is 0. The number of Topliss-reactive ketones (excluding diaryl/α,β-unsaturated/α-hetero) is 1. The van der Waals surface area contributed by atoms with Crippen LogP contribution in [0.25, 0.3) is 0 Å². The molecule has 62 valence electrons. The van der Waals surface area contributed by atoms with E-state index in [0.717, 1.165) is 5.75 Å². The van der Waals surface area contributed by atoms with Gasteiger partial charge in [-0.1, -0.05) is 20.8 Å². The van der Waals surface area contributed by atoms with Crippen LogP contribution in [0.3, 0.4) is 0 Å². The third-order valence-electron chi connectivity index (χ3n) is 1.52. The van der Waals surface area contributed by atoms with Crippen LogP contribution < -0.4 is 0 Å². The second kappa shape index (κ2) is 2.93. The highest BCUT2D eigenvalue weighted by Gasteiger charge is 2.31. The molecule has 1 unspecified atom stereocenters. The van der Waals surface area contributed by atoms with E-state index in [9.17, 15) is 4.79 Å². The first kappa shape index (κ1) is 8.71. The minimum atomic E-state index is -0.283. The van der Waals surface area contributed by atoms with Crippen molar-refractivity contribution in [3.8, 4) is 0 Å². The summed E-state index contributed by atoms with van der Waals surface area (Å²) >= 11 is 1.36. The summed E-state index contributed by atoms with van der Waals surface area (Å²) in [6.45, 7) is 5.73. The summed E-state index contributed by atoms with van der Waals surface area (Å²) in [6.07, 6.45) is 0. The van der Waals surface area contributed by atoms with E-state index in [2.05, 4.69) is 9.63 Å². The lowest BCUT2D eigenvalue weighted by Crippen LogP contribution is -2.31. The molecule has 0 aromatic carbocycles. The summed E-state index contributed by atoms with van der Waals surface area (Å²) in [4.78, 5) is 11.5. The molecular formula is C7H12N2OS. The van der Waals surface area contributed by atoms with E-state index in [1.807, 2.05) is 20.8 Å². The fourth-order valence-electron chi connectivity index (χ4n) is 0.855. The lowest BCUT2D eigenvalue weighted by atomic mass is 9.87. The van der Waals surface area contributed by atoms with Crippen LogP contribution in [0.4, 0.5) is 0 Å². The Bertz CT molecular complexity index is 195. The van der Waals surface area contributed by atoms with Crippen LogP contribution in [-0.2, 0) is 4.79 Å². The fraction of sp³-hybridized carbons (Fsp3) is 0.857. The average molecular weight is 172 g/mol. The third kappa shape index (κ3) is 2.02. The normalized spacial score (nSPS) is 24.1. The fourth-order valence-corrected chi connectivity index (χ4v) is 1.46. The van der Waals surface area contributed by atoms with Crippen LogP contribution in [0.1, 0.15) is 20.8 Å². The SMILES string of the molecule is CC(C)(C)C(=O)C1CSN=N1. The maximum atomic E-state index is 11.5. The van der Waals surface area contributed by atoms with Crippen LogP contribution in [0.5, 0.6) is 0 Å². The lowest BCUT2D eigenvalue weighted by molar-refractivity contribution is -0.127. The Hall–Kier alpha value is -0.380. The first-order valence-electron chi connectivity index (χ1n) is 3.58. The molecule has 1 heterocycles. The van der Waals surface area contributed by atoms with Crippen molar-refractivity contribution >= 4 is 17.7 Å². The number of rotatable bonds is 1. The van der Waals surface area contributed by atoms with Gasteiger partial charge >= 0.3 is 0 Å². The summed E-state index contributed by atoms with van der Waals surface area (Å²) in [5.74, 6) is 0.905. The van der Waals surface area contributed by atoms with E-state index >= 15 is 0 Å². The molecule has 1 rings (SSSR count). The maximum absolute atomic E-state index is 11.5. The minimum Gasteiger partial charge on any atom is -0.297 e. The Morgan fingerprint density at radius 2 is 2.18 bits per heavy atom. The molecule has 0 spiro atoms. The van der Waals surface area contributed by atoms with Gasteiger partial charge in [0.2, 0.25) is 0 Å². The van der Waals surface area contributed by atoms with Crippen molar-refractivity contribution in [2.45, 2.75) is 26.8 Å². The number of carbonyl (C=O) groups excluding carboxylic acids is 1. The Balaban J connectivity index is 2.61. The Labute approximate surface area is 70.8 Å². The van der Waals surface area contributed by atoms with Gasteiger partial charge in [-0.05, 0) is 11.9 Å². The highest BCUT2D eigenvalue weighted by molar-refractivity contribution is 7.98. The summed E-state index contributed by atoms with van der Waals surface area (Å²) in [6, 6.07) is -0.194. The molecule has 0 fully saturated rings. The molecule has 4 heteroatoms. The van der Waals surface area contributed by atoms with E-state index in [4.69, 9.17) is 0 Å². The van der Waals surface area contributed by atoms with Gasteiger partial charge in [-0.15, -0.1) is 4.52 Å².